The third kappa shape index (κ3) is 3.54. The molecule has 82 valence electrons. The molecule has 1 heterocycles. The molecule has 1 fully saturated rings. The van der Waals surface area contributed by atoms with E-state index in [1.807, 2.05) is 30.3 Å². The van der Waals surface area contributed by atoms with Gasteiger partial charge in [0.05, 0.1) is 13.2 Å². The topological polar surface area (TPSA) is 21.8 Å². The van der Waals surface area contributed by atoms with Gasteiger partial charge in [-0.25, -0.2) is 0 Å². The molecule has 0 aromatic heterocycles. The summed E-state index contributed by atoms with van der Waals surface area (Å²) in [7, 11) is 0. The van der Waals surface area contributed by atoms with Gasteiger partial charge in [0.25, 0.3) is 0 Å². The highest BCUT2D eigenvalue weighted by molar-refractivity contribution is 5.49. The first-order chi connectivity index (χ1) is 7.88. The summed E-state index contributed by atoms with van der Waals surface area (Å²) in [6.07, 6.45) is 2.13. The molecule has 0 aliphatic carbocycles. The van der Waals surface area contributed by atoms with E-state index in [9.17, 15) is 0 Å². The maximum atomic E-state index is 5.31. The monoisotopic (exact) mass is 214 g/mol. The van der Waals surface area contributed by atoms with Crippen LogP contribution < -0.4 is 0 Å². The Hall–Kier alpha value is -1.56. The molecule has 0 N–H and O–H groups in total. The molecule has 2 rings (SSSR count). The second-order valence-electron chi connectivity index (χ2n) is 3.60. The Balaban J connectivity index is 1.77. The standard InChI is InChI=1S/C14H14O2/c1-2-12-5-7-13(8-6-12)4-3-9-15-10-14-11-16-14/h2,5-8,14H,1,9-11H2. The van der Waals surface area contributed by atoms with Gasteiger partial charge in [-0.05, 0) is 17.7 Å². The molecule has 1 atom stereocenters. The molecule has 0 amide bonds. The van der Waals surface area contributed by atoms with Gasteiger partial charge in [0, 0.05) is 5.56 Å². The Morgan fingerprint density at radius 1 is 1.44 bits per heavy atom. The Morgan fingerprint density at radius 2 is 2.19 bits per heavy atom. The Morgan fingerprint density at radius 3 is 2.81 bits per heavy atom. The number of epoxide rings is 1. The van der Waals surface area contributed by atoms with Crippen LogP contribution in [0.3, 0.4) is 0 Å². The average Bonchev–Trinajstić information content (AvgIpc) is 3.13. The van der Waals surface area contributed by atoms with E-state index in [-0.39, 0.29) is 0 Å². The molecule has 1 aromatic carbocycles. The van der Waals surface area contributed by atoms with Gasteiger partial charge in [0.1, 0.15) is 12.7 Å². The van der Waals surface area contributed by atoms with Crippen LogP contribution in [0.5, 0.6) is 0 Å². The lowest BCUT2D eigenvalue weighted by Gasteiger charge is -1.94. The van der Waals surface area contributed by atoms with Crippen LogP contribution in [0.25, 0.3) is 6.08 Å². The molecule has 0 radical (unpaired) electrons. The molecule has 2 nitrogen and oxygen atoms in total. The molecule has 0 bridgehead atoms. The van der Waals surface area contributed by atoms with Crippen molar-refractivity contribution in [3.05, 3.63) is 42.0 Å². The lowest BCUT2D eigenvalue weighted by molar-refractivity contribution is 0.145. The van der Waals surface area contributed by atoms with Crippen LogP contribution in [0.2, 0.25) is 0 Å². The third-order valence-corrected chi connectivity index (χ3v) is 2.26. The zero-order valence-electron chi connectivity index (χ0n) is 9.11. The minimum absolute atomic E-state index is 0.314. The molecule has 1 aliphatic heterocycles. The highest BCUT2D eigenvalue weighted by Crippen LogP contribution is 2.08. The quantitative estimate of drug-likeness (QED) is 0.435. The Labute approximate surface area is 95.9 Å². The van der Waals surface area contributed by atoms with Crippen molar-refractivity contribution in [3.8, 4) is 11.8 Å². The fraction of sp³-hybridized carbons (Fsp3) is 0.286. The van der Waals surface area contributed by atoms with Gasteiger partial charge in [0.15, 0.2) is 0 Å². The second kappa shape index (κ2) is 5.50. The van der Waals surface area contributed by atoms with Gasteiger partial charge < -0.3 is 9.47 Å². The molecule has 1 aliphatic rings. The highest BCUT2D eigenvalue weighted by atomic mass is 16.6. The van der Waals surface area contributed by atoms with Crippen LogP contribution in [0, 0.1) is 11.8 Å². The van der Waals surface area contributed by atoms with Crippen molar-refractivity contribution in [1.82, 2.24) is 0 Å². The smallest absolute Gasteiger partial charge is 0.108 e. The normalized spacial score (nSPS) is 17.4. The first kappa shape index (κ1) is 10.9. The summed E-state index contributed by atoms with van der Waals surface area (Å²) in [4.78, 5) is 0. The first-order valence-corrected chi connectivity index (χ1v) is 5.29. The van der Waals surface area contributed by atoms with Gasteiger partial charge in [-0.3, -0.25) is 0 Å². The van der Waals surface area contributed by atoms with Gasteiger partial charge in [-0.2, -0.15) is 0 Å². The maximum Gasteiger partial charge on any atom is 0.108 e. The average molecular weight is 214 g/mol. The van der Waals surface area contributed by atoms with Gasteiger partial charge >= 0.3 is 0 Å². The minimum atomic E-state index is 0.314. The van der Waals surface area contributed by atoms with Crippen molar-refractivity contribution in [2.75, 3.05) is 19.8 Å². The summed E-state index contributed by atoms with van der Waals surface area (Å²) in [6, 6.07) is 7.95. The van der Waals surface area contributed by atoms with Gasteiger partial charge in [0.2, 0.25) is 0 Å². The van der Waals surface area contributed by atoms with Crippen LogP contribution in [-0.2, 0) is 9.47 Å². The predicted octanol–water partition coefficient (Wildman–Crippen LogP) is 2.10. The van der Waals surface area contributed by atoms with E-state index in [2.05, 4.69) is 18.4 Å². The van der Waals surface area contributed by atoms with E-state index < -0.39 is 0 Å². The fourth-order valence-electron chi connectivity index (χ4n) is 1.25. The van der Waals surface area contributed by atoms with Crippen LogP contribution in [-0.4, -0.2) is 25.9 Å². The zero-order chi connectivity index (χ0) is 11.2. The van der Waals surface area contributed by atoms with E-state index >= 15 is 0 Å². The van der Waals surface area contributed by atoms with Crippen LogP contribution in [0.4, 0.5) is 0 Å². The Bertz CT molecular complexity index is 405. The lowest BCUT2D eigenvalue weighted by Crippen LogP contribution is -2.00. The van der Waals surface area contributed by atoms with E-state index in [0.717, 1.165) is 17.7 Å². The predicted molar refractivity (Wildman–Crippen MR) is 64.0 cm³/mol. The van der Waals surface area contributed by atoms with Crippen LogP contribution in [0.15, 0.2) is 30.8 Å². The number of ether oxygens (including phenoxy) is 2. The SMILES string of the molecule is C=Cc1ccc(C#CCOCC2CO2)cc1. The molecule has 0 spiro atoms. The Kier molecular flexibility index (Phi) is 3.76. The van der Waals surface area contributed by atoms with Crippen LogP contribution in [0.1, 0.15) is 11.1 Å². The highest BCUT2D eigenvalue weighted by Gasteiger charge is 2.21. The summed E-state index contributed by atoms with van der Waals surface area (Å²) in [6.45, 7) is 5.65. The van der Waals surface area contributed by atoms with Crippen molar-refractivity contribution in [1.29, 1.82) is 0 Å². The van der Waals surface area contributed by atoms with Crippen molar-refractivity contribution >= 4 is 6.08 Å². The second-order valence-corrected chi connectivity index (χ2v) is 3.60. The fourth-order valence-corrected chi connectivity index (χ4v) is 1.25. The molecule has 1 saturated heterocycles. The molecular weight excluding hydrogens is 200 g/mol. The third-order valence-electron chi connectivity index (χ3n) is 2.26. The lowest BCUT2D eigenvalue weighted by atomic mass is 10.1. The van der Waals surface area contributed by atoms with E-state index in [1.165, 1.54) is 0 Å². The zero-order valence-corrected chi connectivity index (χ0v) is 9.11. The molecule has 1 unspecified atom stereocenters. The number of hydrogen-bond donors (Lipinski definition) is 0. The summed E-state index contributed by atoms with van der Waals surface area (Å²) >= 11 is 0. The van der Waals surface area contributed by atoms with E-state index in [4.69, 9.17) is 9.47 Å². The van der Waals surface area contributed by atoms with Crippen molar-refractivity contribution in [3.63, 3.8) is 0 Å². The molecule has 1 aromatic rings. The number of hydrogen-bond acceptors (Lipinski definition) is 2. The summed E-state index contributed by atoms with van der Waals surface area (Å²) in [5.74, 6) is 6.01. The van der Waals surface area contributed by atoms with Crippen molar-refractivity contribution < 1.29 is 9.47 Å². The number of benzene rings is 1. The van der Waals surface area contributed by atoms with E-state index in [0.29, 0.717) is 19.3 Å². The minimum Gasteiger partial charge on any atom is -0.371 e. The van der Waals surface area contributed by atoms with Crippen molar-refractivity contribution in [2.24, 2.45) is 0 Å². The van der Waals surface area contributed by atoms with E-state index in [1.54, 1.807) is 0 Å². The molecule has 2 heteroatoms. The number of rotatable bonds is 4. The van der Waals surface area contributed by atoms with Crippen molar-refractivity contribution in [2.45, 2.75) is 6.10 Å². The van der Waals surface area contributed by atoms with Gasteiger partial charge in [-0.15, -0.1) is 0 Å². The van der Waals surface area contributed by atoms with Gasteiger partial charge in [-0.1, -0.05) is 36.6 Å². The van der Waals surface area contributed by atoms with Crippen LogP contribution >= 0.6 is 0 Å². The maximum absolute atomic E-state index is 5.31. The summed E-state index contributed by atoms with van der Waals surface area (Å²) in [5.41, 5.74) is 2.10. The molecular formula is C14H14O2. The summed E-state index contributed by atoms with van der Waals surface area (Å²) in [5, 5.41) is 0. The molecule has 0 saturated carbocycles. The first-order valence-electron chi connectivity index (χ1n) is 5.29. The molecule has 16 heavy (non-hydrogen) atoms. The largest absolute Gasteiger partial charge is 0.371 e. The summed E-state index contributed by atoms with van der Waals surface area (Å²) < 4.78 is 10.3.